The van der Waals surface area contributed by atoms with Crippen molar-refractivity contribution in [2.75, 3.05) is 6.61 Å². The summed E-state index contributed by atoms with van der Waals surface area (Å²) >= 11 is 0. The van der Waals surface area contributed by atoms with Crippen molar-refractivity contribution in [3.8, 4) is 0 Å². The third-order valence-electron chi connectivity index (χ3n) is 3.65. The van der Waals surface area contributed by atoms with Gasteiger partial charge in [-0.05, 0) is 26.2 Å². The lowest BCUT2D eigenvalue weighted by molar-refractivity contribution is -0.137. The molecule has 1 N–H and O–H groups in total. The number of aliphatic hydroxyl groups is 1. The van der Waals surface area contributed by atoms with Gasteiger partial charge in [0.25, 0.3) is 0 Å². The second-order valence-corrected chi connectivity index (χ2v) is 4.93. The molecule has 2 aliphatic rings. The van der Waals surface area contributed by atoms with E-state index in [2.05, 4.69) is 13.2 Å². The molecular formula is C13H18O4. The van der Waals surface area contributed by atoms with Crippen molar-refractivity contribution in [2.24, 2.45) is 5.92 Å². The van der Waals surface area contributed by atoms with Gasteiger partial charge in [0, 0.05) is 5.57 Å². The largest absolute Gasteiger partial charge is 0.428 e. The molecule has 0 aliphatic carbocycles. The van der Waals surface area contributed by atoms with E-state index >= 15 is 0 Å². The molecule has 0 radical (unpaired) electrons. The molecule has 17 heavy (non-hydrogen) atoms. The first-order valence-electron chi connectivity index (χ1n) is 5.83. The summed E-state index contributed by atoms with van der Waals surface area (Å²) in [7, 11) is 0. The molecule has 3 atom stereocenters. The van der Waals surface area contributed by atoms with E-state index < -0.39 is 11.6 Å². The summed E-state index contributed by atoms with van der Waals surface area (Å²) in [5.74, 6) is -0.185. The van der Waals surface area contributed by atoms with Crippen molar-refractivity contribution in [1.29, 1.82) is 0 Å². The van der Waals surface area contributed by atoms with Crippen molar-refractivity contribution in [2.45, 2.75) is 37.9 Å². The Morgan fingerprint density at radius 3 is 2.82 bits per heavy atom. The zero-order valence-electron chi connectivity index (χ0n) is 10.1. The van der Waals surface area contributed by atoms with Crippen molar-refractivity contribution in [3.05, 3.63) is 24.5 Å². The van der Waals surface area contributed by atoms with Crippen molar-refractivity contribution < 1.29 is 19.4 Å². The van der Waals surface area contributed by atoms with Crippen LogP contribution in [0.15, 0.2) is 24.5 Å². The molecule has 0 aromatic carbocycles. The Balaban J connectivity index is 2.06. The lowest BCUT2D eigenvalue weighted by Crippen LogP contribution is -2.39. The van der Waals surface area contributed by atoms with Crippen LogP contribution in [0.1, 0.15) is 26.2 Å². The van der Waals surface area contributed by atoms with Crippen LogP contribution < -0.4 is 0 Å². The van der Waals surface area contributed by atoms with Crippen LogP contribution in [0.25, 0.3) is 0 Å². The Labute approximate surface area is 101 Å². The maximum atomic E-state index is 11.4. The summed E-state index contributed by atoms with van der Waals surface area (Å²) < 4.78 is 10.9. The molecule has 2 saturated heterocycles. The molecule has 2 heterocycles. The number of carbonyl (C=O) groups excluding carboxylic acids is 1. The lowest BCUT2D eigenvalue weighted by atomic mass is 9.78. The SMILES string of the molecule is C=C(C)C(=O)OC(=C)C1CC2CCC1(CO)O2. The van der Waals surface area contributed by atoms with Crippen LogP contribution in [0.2, 0.25) is 0 Å². The monoisotopic (exact) mass is 238 g/mol. The Morgan fingerprint density at radius 1 is 1.59 bits per heavy atom. The number of fused-ring (bicyclic) bond motifs is 2. The molecule has 94 valence electrons. The second kappa shape index (κ2) is 4.27. The van der Waals surface area contributed by atoms with Crippen LogP contribution >= 0.6 is 0 Å². The molecule has 4 heteroatoms. The third kappa shape index (κ3) is 2.03. The van der Waals surface area contributed by atoms with Gasteiger partial charge in [-0.1, -0.05) is 13.2 Å². The van der Waals surface area contributed by atoms with Crippen LogP contribution in [0.4, 0.5) is 0 Å². The molecule has 2 aliphatic heterocycles. The van der Waals surface area contributed by atoms with Gasteiger partial charge in [0.2, 0.25) is 0 Å². The standard InChI is InChI=1S/C13H18O4/c1-8(2)12(15)16-9(3)11-6-10-4-5-13(11,7-14)17-10/h10-11,14H,1,3-7H2,2H3. The minimum atomic E-state index is -0.586. The van der Waals surface area contributed by atoms with Crippen molar-refractivity contribution in [1.82, 2.24) is 0 Å². The van der Waals surface area contributed by atoms with E-state index in [1.165, 1.54) is 0 Å². The van der Waals surface area contributed by atoms with Gasteiger partial charge in [-0.25, -0.2) is 4.79 Å². The van der Waals surface area contributed by atoms with Gasteiger partial charge in [-0.15, -0.1) is 0 Å². The molecule has 0 saturated carbocycles. The molecule has 0 aromatic rings. The van der Waals surface area contributed by atoms with Crippen LogP contribution in [-0.4, -0.2) is 29.4 Å². The van der Waals surface area contributed by atoms with E-state index in [1.807, 2.05) is 0 Å². The fraction of sp³-hybridized carbons (Fsp3) is 0.615. The van der Waals surface area contributed by atoms with E-state index in [1.54, 1.807) is 6.92 Å². The first-order chi connectivity index (χ1) is 7.98. The summed E-state index contributed by atoms with van der Waals surface area (Å²) in [6.45, 7) is 8.85. The van der Waals surface area contributed by atoms with Gasteiger partial charge in [-0.2, -0.15) is 0 Å². The summed E-state index contributed by atoms with van der Waals surface area (Å²) in [5, 5.41) is 9.48. The molecule has 0 aromatic heterocycles. The van der Waals surface area contributed by atoms with Gasteiger partial charge in [0.15, 0.2) is 0 Å². The Morgan fingerprint density at radius 2 is 2.29 bits per heavy atom. The predicted molar refractivity (Wildman–Crippen MR) is 62.1 cm³/mol. The van der Waals surface area contributed by atoms with E-state index in [0.29, 0.717) is 11.3 Å². The summed E-state index contributed by atoms with van der Waals surface area (Å²) in [4.78, 5) is 11.4. The molecule has 0 amide bonds. The highest BCUT2D eigenvalue weighted by atomic mass is 16.6. The minimum Gasteiger partial charge on any atom is -0.428 e. The van der Waals surface area contributed by atoms with Gasteiger partial charge >= 0.3 is 5.97 Å². The number of hydrogen-bond donors (Lipinski definition) is 1. The highest BCUT2D eigenvalue weighted by Crippen LogP contribution is 2.50. The van der Waals surface area contributed by atoms with Gasteiger partial charge in [0.05, 0.1) is 18.6 Å². The van der Waals surface area contributed by atoms with E-state index in [4.69, 9.17) is 9.47 Å². The van der Waals surface area contributed by atoms with Gasteiger partial charge < -0.3 is 14.6 Å². The maximum Gasteiger partial charge on any atom is 0.338 e. The van der Waals surface area contributed by atoms with Crippen molar-refractivity contribution in [3.63, 3.8) is 0 Å². The highest BCUT2D eigenvalue weighted by molar-refractivity contribution is 5.87. The van der Waals surface area contributed by atoms with E-state index in [9.17, 15) is 9.90 Å². The summed E-state index contributed by atoms with van der Waals surface area (Å²) in [5.41, 5.74) is -0.245. The number of esters is 1. The highest BCUT2D eigenvalue weighted by Gasteiger charge is 2.55. The quantitative estimate of drug-likeness (QED) is 0.458. The topological polar surface area (TPSA) is 55.8 Å². The average Bonchev–Trinajstić information content (AvgIpc) is 2.86. The number of ether oxygens (including phenoxy) is 2. The molecule has 4 nitrogen and oxygen atoms in total. The molecule has 2 fully saturated rings. The normalized spacial score (nSPS) is 34.7. The first-order valence-corrected chi connectivity index (χ1v) is 5.83. The number of carbonyl (C=O) groups is 1. The smallest absolute Gasteiger partial charge is 0.338 e. The van der Waals surface area contributed by atoms with Crippen molar-refractivity contribution >= 4 is 5.97 Å². The lowest BCUT2D eigenvalue weighted by Gasteiger charge is -2.31. The Kier molecular flexibility index (Phi) is 3.10. The number of rotatable bonds is 4. The Bertz CT molecular complexity index is 374. The van der Waals surface area contributed by atoms with Crippen LogP contribution in [-0.2, 0) is 14.3 Å². The average molecular weight is 238 g/mol. The maximum absolute atomic E-state index is 11.4. The van der Waals surface area contributed by atoms with Crippen LogP contribution in [0.5, 0.6) is 0 Å². The number of hydrogen-bond acceptors (Lipinski definition) is 4. The summed E-state index contributed by atoms with van der Waals surface area (Å²) in [6.07, 6.45) is 2.68. The summed E-state index contributed by atoms with van der Waals surface area (Å²) in [6, 6.07) is 0. The fourth-order valence-corrected chi connectivity index (χ4v) is 2.68. The van der Waals surface area contributed by atoms with Gasteiger partial charge in [0.1, 0.15) is 11.4 Å². The van der Waals surface area contributed by atoms with Crippen LogP contribution in [0, 0.1) is 5.92 Å². The van der Waals surface area contributed by atoms with Crippen LogP contribution in [0.3, 0.4) is 0 Å². The third-order valence-corrected chi connectivity index (χ3v) is 3.65. The minimum absolute atomic E-state index is 0.0577. The van der Waals surface area contributed by atoms with Gasteiger partial charge in [-0.3, -0.25) is 0 Å². The zero-order chi connectivity index (χ0) is 12.6. The second-order valence-electron chi connectivity index (χ2n) is 4.93. The van der Waals surface area contributed by atoms with E-state index in [-0.39, 0.29) is 18.6 Å². The zero-order valence-corrected chi connectivity index (χ0v) is 10.1. The molecule has 0 spiro atoms. The molecule has 2 rings (SSSR count). The molecule has 3 unspecified atom stereocenters. The number of aliphatic hydroxyl groups excluding tert-OH is 1. The predicted octanol–water partition coefficient (Wildman–Crippen LogP) is 1.55. The molecule has 2 bridgehead atoms. The molecular weight excluding hydrogens is 220 g/mol. The Hall–Kier alpha value is -1.13. The van der Waals surface area contributed by atoms with E-state index in [0.717, 1.165) is 19.3 Å². The fourth-order valence-electron chi connectivity index (χ4n) is 2.68. The first kappa shape index (κ1) is 12.3.